The van der Waals surface area contributed by atoms with Crippen LogP contribution >= 0.6 is 11.3 Å². The topological polar surface area (TPSA) is 12.0 Å². The lowest BCUT2D eigenvalue weighted by molar-refractivity contribution is 0.630. The van der Waals surface area contributed by atoms with Gasteiger partial charge in [0.2, 0.25) is 0 Å². The van der Waals surface area contributed by atoms with E-state index in [0.29, 0.717) is 6.04 Å². The largest absolute Gasteiger partial charge is 0.306 e. The van der Waals surface area contributed by atoms with Gasteiger partial charge in [-0.2, -0.15) is 0 Å². The second kappa shape index (κ2) is 5.48. The first kappa shape index (κ1) is 12.3. The van der Waals surface area contributed by atoms with Crippen LogP contribution in [0.1, 0.15) is 33.8 Å². The van der Waals surface area contributed by atoms with Crippen molar-refractivity contribution in [3.05, 3.63) is 57.3 Å². The molecule has 17 heavy (non-hydrogen) atoms. The van der Waals surface area contributed by atoms with Crippen LogP contribution in [0.5, 0.6) is 0 Å². The molecule has 0 saturated carbocycles. The van der Waals surface area contributed by atoms with Crippen LogP contribution in [-0.4, -0.2) is 6.54 Å². The van der Waals surface area contributed by atoms with Gasteiger partial charge in [-0.25, -0.2) is 0 Å². The molecule has 2 rings (SSSR count). The Morgan fingerprint density at radius 2 is 1.88 bits per heavy atom. The van der Waals surface area contributed by atoms with Crippen LogP contribution in [0.15, 0.2) is 36.4 Å². The molecule has 2 heteroatoms. The van der Waals surface area contributed by atoms with E-state index in [9.17, 15) is 0 Å². The zero-order chi connectivity index (χ0) is 12.3. The highest BCUT2D eigenvalue weighted by Gasteiger charge is 2.16. The van der Waals surface area contributed by atoms with Gasteiger partial charge in [-0.1, -0.05) is 37.3 Å². The fourth-order valence-corrected chi connectivity index (χ4v) is 3.16. The monoisotopic (exact) mass is 245 g/mol. The summed E-state index contributed by atoms with van der Waals surface area (Å²) < 4.78 is 0. The van der Waals surface area contributed by atoms with Gasteiger partial charge in [0.25, 0.3) is 0 Å². The predicted octanol–water partition coefficient (Wildman–Crippen LogP) is 4.06. The lowest BCUT2D eigenvalue weighted by Crippen LogP contribution is -2.22. The Morgan fingerprint density at radius 3 is 2.41 bits per heavy atom. The van der Waals surface area contributed by atoms with Gasteiger partial charge in [-0.3, -0.25) is 0 Å². The van der Waals surface area contributed by atoms with Crippen LogP contribution in [0.25, 0.3) is 0 Å². The van der Waals surface area contributed by atoms with Crippen molar-refractivity contribution in [1.82, 2.24) is 5.32 Å². The predicted molar refractivity (Wildman–Crippen MR) is 75.8 cm³/mol. The van der Waals surface area contributed by atoms with Crippen molar-refractivity contribution in [1.29, 1.82) is 0 Å². The maximum Gasteiger partial charge on any atom is 0.0587 e. The molecule has 0 saturated heterocycles. The molecule has 0 aliphatic carbocycles. The highest BCUT2D eigenvalue weighted by molar-refractivity contribution is 7.12. The standard InChI is InChI=1S/C15H19NS/c1-4-16-15(13-8-6-5-7-9-13)14-10-11(2)17-12(14)3/h5-10,15-16H,4H2,1-3H3. The molecule has 0 spiro atoms. The maximum absolute atomic E-state index is 3.58. The summed E-state index contributed by atoms with van der Waals surface area (Å²) in [5.74, 6) is 0. The Labute approximate surface area is 108 Å². The molecule has 0 radical (unpaired) electrons. The van der Waals surface area contributed by atoms with Crippen molar-refractivity contribution in [2.75, 3.05) is 6.54 Å². The third-order valence-corrected chi connectivity index (χ3v) is 3.91. The van der Waals surface area contributed by atoms with E-state index in [2.05, 4.69) is 62.5 Å². The minimum atomic E-state index is 0.325. The van der Waals surface area contributed by atoms with Gasteiger partial charge < -0.3 is 5.32 Å². The van der Waals surface area contributed by atoms with Crippen molar-refractivity contribution < 1.29 is 0 Å². The maximum atomic E-state index is 3.58. The zero-order valence-corrected chi connectivity index (χ0v) is 11.5. The minimum Gasteiger partial charge on any atom is -0.306 e. The van der Waals surface area contributed by atoms with Gasteiger partial charge in [0.05, 0.1) is 6.04 Å². The van der Waals surface area contributed by atoms with Gasteiger partial charge >= 0.3 is 0 Å². The van der Waals surface area contributed by atoms with E-state index >= 15 is 0 Å². The van der Waals surface area contributed by atoms with Crippen LogP contribution in [0, 0.1) is 13.8 Å². The number of benzene rings is 1. The van der Waals surface area contributed by atoms with Crippen molar-refractivity contribution in [2.24, 2.45) is 0 Å². The first-order valence-corrected chi connectivity index (χ1v) is 6.89. The molecule has 2 aromatic rings. The Kier molecular flexibility index (Phi) is 3.97. The number of hydrogen-bond donors (Lipinski definition) is 1. The third kappa shape index (κ3) is 2.76. The number of thiophene rings is 1. The second-order valence-electron chi connectivity index (χ2n) is 4.27. The summed E-state index contributed by atoms with van der Waals surface area (Å²) in [6, 6.07) is 13.3. The van der Waals surface area contributed by atoms with Crippen LogP contribution < -0.4 is 5.32 Å². The highest BCUT2D eigenvalue weighted by Crippen LogP contribution is 2.30. The summed E-state index contributed by atoms with van der Waals surface area (Å²) in [5, 5.41) is 3.58. The minimum absolute atomic E-state index is 0.325. The van der Waals surface area contributed by atoms with E-state index in [1.807, 2.05) is 11.3 Å². The Hall–Kier alpha value is -1.12. The van der Waals surface area contributed by atoms with Crippen LogP contribution in [0.3, 0.4) is 0 Å². The lowest BCUT2D eigenvalue weighted by atomic mass is 9.99. The van der Waals surface area contributed by atoms with E-state index in [0.717, 1.165) is 6.54 Å². The normalized spacial score (nSPS) is 12.6. The van der Waals surface area contributed by atoms with Crippen LogP contribution in [-0.2, 0) is 0 Å². The molecular formula is C15H19NS. The van der Waals surface area contributed by atoms with Gasteiger partial charge in [0.15, 0.2) is 0 Å². The zero-order valence-electron chi connectivity index (χ0n) is 10.7. The molecule has 1 N–H and O–H groups in total. The molecule has 0 aliphatic heterocycles. The summed E-state index contributed by atoms with van der Waals surface area (Å²) in [6.07, 6.45) is 0. The van der Waals surface area contributed by atoms with E-state index < -0.39 is 0 Å². The van der Waals surface area contributed by atoms with Gasteiger partial charge in [-0.05, 0) is 37.6 Å². The molecule has 1 atom stereocenters. The molecule has 1 heterocycles. The fourth-order valence-electron chi connectivity index (χ4n) is 2.19. The van der Waals surface area contributed by atoms with Crippen molar-refractivity contribution in [3.63, 3.8) is 0 Å². The first-order chi connectivity index (χ1) is 8.22. The van der Waals surface area contributed by atoms with E-state index in [-0.39, 0.29) is 0 Å². The third-order valence-electron chi connectivity index (χ3n) is 2.93. The number of aryl methyl sites for hydroxylation is 2. The van der Waals surface area contributed by atoms with Gasteiger partial charge in [0, 0.05) is 9.75 Å². The van der Waals surface area contributed by atoms with Crippen LogP contribution in [0.4, 0.5) is 0 Å². The molecule has 1 unspecified atom stereocenters. The number of hydrogen-bond acceptors (Lipinski definition) is 2. The molecule has 1 aromatic heterocycles. The molecule has 0 aliphatic rings. The molecule has 0 fully saturated rings. The van der Waals surface area contributed by atoms with E-state index in [1.54, 1.807) is 0 Å². The van der Waals surface area contributed by atoms with E-state index in [1.165, 1.54) is 20.9 Å². The number of nitrogens with one attached hydrogen (secondary N) is 1. The molecule has 0 amide bonds. The average molecular weight is 245 g/mol. The van der Waals surface area contributed by atoms with Crippen molar-refractivity contribution >= 4 is 11.3 Å². The summed E-state index contributed by atoms with van der Waals surface area (Å²) in [6.45, 7) is 7.52. The SMILES string of the molecule is CCNC(c1ccccc1)c1cc(C)sc1C. The summed E-state index contributed by atoms with van der Waals surface area (Å²) in [5.41, 5.74) is 2.76. The van der Waals surface area contributed by atoms with E-state index in [4.69, 9.17) is 0 Å². The Morgan fingerprint density at radius 1 is 1.18 bits per heavy atom. The van der Waals surface area contributed by atoms with Crippen molar-refractivity contribution in [2.45, 2.75) is 26.8 Å². The van der Waals surface area contributed by atoms with Crippen molar-refractivity contribution in [3.8, 4) is 0 Å². The quantitative estimate of drug-likeness (QED) is 0.856. The summed E-state index contributed by atoms with van der Waals surface area (Å²) in [7, 11) is 0. The fraction of sp³-hybridized carbons (Fsp3) is 0.333. The van der Waals surface area contributed by atoms with Crippen LogP contribution in [0.2, 0.25) is 0 Å². The highest BCUT2D eigenvalue weighted by atomic mass is 32.1. The first-order valence-electron chi connectivity index (χ1n) is 6.07. The molecule has 1 nitrogen and oxygen atoms in total. The smallest absolute Gasteiger partial charge is 0.0587 e. The molecule has 1 aromatic carbocycles. The molecule has 0 bridgehead atoms. The molecular weight excluding hydrogens is 226 g/mol. The lowest BCUT2D eigenvalue weighted by Gasteiger charge is -2.18. The summed E-state index contributed by atoms with van der Waals surface area (Å²) in [4.78, 5) is 2.80. The second-order valence-corrected chi connectivity index (χ2v) is 5.73. The van der Waals surface area contributed by atoms with Gasteiger partial charge in [0.1, 0.15) is 0 Å². The average Bonchev–Trinajstić information content (AvgIpc) is 2.66. The Bertz CT molecular complexity index is 473. The number of rotatable bonds is 4. The molecule has 90 valence electrons. The van der Waals surface area contributed by atoms with Gasteiger partial charge in [-0.15, -0.1) is 11.3 Å². The summed E-state index contributed by atoms with van der Waals surface area (Å²) >= 11 is 1.88. The Balaban J connectivity index is 2.39.